The van der Waals surface area contributed by atoms with E-state index < -0.39 is 0 Å². The van der Waals surface area contributed by atoms with E-state index in [-0.39, 0.29) is 24.5 Å². The summed E-state index contributed by atoms with van der Waals surface area (Å²) < 4.78 is 5.27. The third kappa shape index (κ3) is 4.18. The standard InChI is InChI=1S/C11H21NO3/c1-2-10(5-6-13)12-11(14)9-4-3-7-15-8-9/h9-10,13H,2-8H2,1H3,(H,12,14). The van der Waals surface area contributed by atoms with Gasteiger partial charge in [-0.05, 0) is 25.7 Å². The van der Waals surface area contributed by atoms with Gasteiger partial charge >= 0.3 is 0 Å². The van der Waals surface area contributed by atoms with Crippen molar-refractivity contribution in [3.63, 3.8) is 0 Å². The summed E-state index contributed by atoms with van der Waals surface area (Å²) in [7, 11) is 0. The third-order valence-electron chi connectivity index (χ3n) is 2.85. The minimum absolute atomic E-state index is 0.00601. The van der Waals surface area contributed by atoms with E-state index in [0.717, 1.165) is 25.9 Å². The monoisotopic (exact) mass is 215 g/mol. The van der Waals surface area contributed by atoms with Gasteiger partial charge in [0.2, 0.25) is 5.91 Å². The fourth-order valence-corrected chi connectivity index (χ4v) is 1.80. The molecule has 4 heteroatoms. The maximum absolute atomic E-state index is 11.8. The van der Waals surface area contributed by atoms with Crippen molar-refractivity contribution < 1.29 is 14.6 Å². The number of carbonyl (C=O) groups excluding carboxylic acids is 1. The molecule has 0 aromatic carbocycles. The summed E-state index contributed by atoms with van der Waals surface area (Å²) in [6.45, 7) is 3.46. The normalized spacial score (nSPS) is 23.5. The first-order valence-electron chi connectivity index (χ1n) is 5.77. The largest absolute Gasteiger partial charge is 0.396 e. The highest BCUT2D eigenvalue weighted by molar-refractivity contribution is 5.79. The zero-order valence-electron chi connectivity index (χ0n) is 9.37. The van der Waals surface area contributed by atoms with Crippen LogP contribution in [0.15, 0.2) is 0 Å². The highest BCUT2D eigenvalue weighted by Crippen LogP contribution is 2.14. The van der Waals surface area contributed by atoms with Crippen LogP contribution in [-0.4, -0.2) is 36.9 Å². The van der Waals surface area contributed by atoms with Gasteiger partial charge in [-0.2, -0.15) is 0 Å². The van der Waals surface area contributed by atoms with Crippen molar-refractivity contribution in [3.05, 3.63) is 0 Å². The molecule has 2 unspecified atom stereocenters. The van der Waals surface area contributed by atoms with E-state index in [2.05, 4.69) is 5.32 Å². The molecule has 1 fully saturated rings. The Hall–Kier alpha value is -0.610. The van der Waals surface area contributed by atoms with E-state index in [4.69, 9.17) is 9.84 Å². The van der Waals surface area contributed by atoms with Gasteiger partial charge in [0.05, 0.1) is 12.5 Å². The van der Waals surface area contributed by atoms with Gasteiger partial charge in [0.1, 0.15) is 0 Å². The second-order valence-corrected chi connectivity index (χ2v) is 4.04. The molecule has 1 aliphatic rings. The molecule has 0 radical (unpaired) electrons. The minimum Gasteiger partial charge on any atom is -0.396 e. The van der Waals surface area contributed by atoms with Crippen LogP contribution in [0.4, 0.5) is 0 Å². The second kappa shape index (κ2) is 6.80. The zero-order chi connectivity index (χ0) is 11.1. The molecule has 0 spiro atoms. The van der Waals surface area contributed by atoms with Crippen LogP contribution in [0.25, 0.3) is 0 Å². The summed E-state index contributed by atoms with van der Waals surface area (Å²) in [5.74, 6) is 0.0847. The minimum atomic E-state index is 0.00601. The lowest BCUT2D eigenvalue weighted by molar-refractivity contribution is -0.129. The van der Waals surface area contributed by atoms with Gasteiger partial charge in [0.15, 0.2) is 0 Å². The number of carbonyl (C=O) groups is 1. The summed E-state index contributed by atoms with van der Waals surface area (Å²) in [4.78, 5) is 11.8. The van der Waals surface area contributed by atoms with Crippen LogP contribution in [-0.2, 0) is 9.53 Å². The van der Waals surface area contributed by atoms with Gasteiger partial charge < -0.3 is 15.2 Å². The second-order valence-electron chi connectivity index (χ2n) is 4.04. The Morgan fingerprint density at radius 2 is 2.47 bits per heavy atom. The van der Waals surface area contributed by atoms with Gasteiger partial charge in [-0.3, -0.25) is 4.79 Å². The summed E-state index contributed by atoms with van der Waals surface area (Å²) in [5, 5.41) is 11.8. The van der Waals surface area contributed by atoms with Crippen LogP contribution in [0.1, 0.15) is 32.6 Å². The molecular weight excluding hydrogens is 194 g/mol. The molecule has 1 rings (SSSR count). The van der Waals surface area contributed by atoms with E-state index in [1.807, 2.05) is 6.92 Å². The molecule has 1 heterocycles. The lowest BCUT2D eigenvalue weighted by Gasteiger charge is -2.24. The predicted octanol–water partition coefficient (Wildman–Crippen LogP) is 0.690. The van der Waals surface area contributed by atoms with Crippen molar-refractivity contribution in [2.45, 2.75) is 38.6 Å². The lowest BCUT2D eigenvalue weighted by Crippen LogP contribution is -2.41. The molecule has 1 amide bonds. The Bertz CT molecular complexity index is 190. The van der Waals surface area contributed by atoms with Crippen LogP contribution in [0.5, 0.6) is 0 Å². The molecule has 0 aromatic heterocycles. The summed E-state index contributed by atoms with van der Waals surface area (Å²) in [6, 6.07) is 0.101. The van der Waals surface area contributed by atoms with Crippen molar-refractivity contribution in [1.82, 2.24) is 5.32 Å². The molecule has 2 atom stereocenters. The van der Waals surface area contributed by atoms with E-state index in [1.165, 1.54) is 0 Å². The van der Waals surface area contributed by atoms with Crippen LogP contribution >= 0.6 is 0 Å². The van der Waals surface area contributed by atoms with E-state index in [9.17, 15) is 4.79 Å². The summed E-state index contributed by atoms with van der Waals surface area (Å²) >= 11 is 0. The highest BCUT2D eigenvalue weighted by Gasteiger charge is 2.23. The topological polar surface area (TPSA) is 58.6 Å². The molecular formula is C11H21NO3. The number of aliphatic hydroxyl groups is 1. The number of ether oxygens (including phenoxy) is 1. The molecule has 0 aliphatic carbocycles. The highest BCUT2D eigenvalue weighted by atomic mass is 16.5. The van der Waals surface area contributed by atoms with Gasteiger partial charge in [0.25, 0.3) is 0 Å². The first-order chi connectivity index (χ1) is 7.27. The maximum atomic E-state index is 11.8. The Labute approximate surface area is 91.0 Å². The van der Waals surface area contributed by atoms with Crippen molar-refractivity contribution in [2.24, 2.45) is 5.92 Å². The molecule has 1 saturated heterocycles. The van der Waals surface area contributed by atoms with Crippen LogP contribution in [0, 0.1) is 5.92 Å². The Balaban J connectivity index is 2.31. The fourth-order valence-electron chi connectivity index (χ4n) is 1.80. The number of nitrogens with one attached hydrogen (secondary N) is 1. The summed E-state index contributed by atoms with van der Waals surface area (Å²) in [5.41, 5.74) is 0. The zero-order valence-corrected chi connectivity index (χ0v) is 9.37. The van der Waals surface area contributed by atoms with E-state index in [0.29, 0.717) is 13.0 Å². The smallest absolute Gasteiger partial charge is 0.225 e. The van der Waals surface area contributed by atoms with Crippen molar-refractivity contribution >= 4 is 5.91 Å². The van der Waals surface area contributed by atoms with Crippen LogP contribution in [0.3, 0.4) is 0 Å². The quantitative estimate of drug-likeness (QED) is 0.709. The molecule has 88 valence electrons. The Morgan fingerprint density at radius 1 is 1.67 bits per heavy atom. The average Bonchev–Trinajstić information content (AvgIpc) is 2.29. The SMILES string of the molecule is CCC(CCO)NC(=O)C1CCCOC1. The molecule has 4 nitrogen and oxygen atoms in total. The number of hydrogen-bond acceptors (Lipinski definition) is 3. The number of aliphatic hydroxyl groups excluding tert-OH is 1. The van der Waals surface area contributed by atoms with E-state index >= 15 is 0 Å². The van der Waals surface area contributed by atoms with Crippen molar-refractivity contribution in [1.29, 1.82) is 0 Å². The van der Waals surface area contributed by atoms with Crippen LogP contribution < -0.4 is 5.32 Å². The third-order valence-corrected chi connectivity index (χ3v) is 2.85. The number of hydrogen-bond donors (Lipinski definition) is 2. The van der Waals surface area contributed by atoms with Crippen molar-refractivity contribution in [3.8, 4) is 0 Å². The molecule has 0 aromatic rings. The Kier molecular flexibility index (Phi) is 5.65. The first-order valence-corrected chi connectivity index (χ1v) is 5.77. The maximum Gasteiger partial charge on any atom is 0.225 e. The number of amides is 1. The fraction of sp³-hybridized carbons (Fsp3) is 0.909. The summed E-state index contributed by atoms with van der Waals surface area (Å²) in [6.07, 6.45) is 3.38. The Morgan fingerprint density at radius 3 is 3.00 bits per heavy atom. The average molecular weight is 215 g/mol. The lowest BCUT2D eigenvalue weighted by atomic mass is 10.0. The molecule has 0 saturated carbocycles. The van der Waals surface area contributed by atoms with Gasteiger partial charge in [-0.25, -0.2) is 0 Å². The van der Waals surface area contributed by atoms with Gasteiger partial charge in [-0.1, -0.05) is 6.92 Å². The van der Waals surface area contributed by atoms with Crippen LogP contribution in [0.2, 0.25) is 0 Å². The van der Waals surface area contributed by atoms with Gasteiger partial charge in [-0.15, -0.1) is 0 Å². The molecule has 15 heavy (non-hydrogen) atoms. The molecule has 0 bridgehead atoms. The molecule has 2 N–H and O–H groups in total. The van der Waals surface area contributed by atoms with E-state index in [1.54, 1.807) is 0 Å². The van der Waals surface area contributed by atoms with Gasteiger partial charge in [0, 0.05) is 19.3 Å². The molecule has 1 aliphatic heterocycles. The van der Waals surface area contributed by atoms with Crippen molar-refractivity contribution in [2.75, 3.05) is 19.8 Å². The predicted molar refractivity (Wildman–Crippen MR) is 57.5 cm³/mol. The number of rotatable bonds is 5. The first kappa shape index (κ1) is 12.5.